The third-order valence-corrected chi connectivity index (χ3v) is 4.70. The van der Waals surface area contributed by atoms with Gasteiger partial charge in [-0.3, -0.25) is 0 Å². The summed E-state index contributed by atoms with van der Waals surface area (Å²) in [7, 11) is 0. The lowest BCUT2D eigenvalue weighted by Gasteiger charge is -2.27. The minimum Gasteiger partial charge on any atom is -0.352 e. The molecule has 2 heterocycles. The minimum absolute atomic E-state index is 0.440. The molecule has 0 bridgehead atoms. The Morgan fingerprint density at radius 3 is 2.42 bits per heavy atom. The third-order valence-electron chi connectivity index (χ3n) is 4.43. The van der Waals surface area contributed by atoms with Gasteiger partial charge in [0.25, 0.3) is 5.78 Å². The fourth-order valence-corrected chi connectivity index (χ4v) is 3.80. The largest absolute Gasteiger partial charge is 0.352 e. The molecule has 26 heavy (non-hydrogen) atoms. The molecular formula is C20H24ClN5. The van der Waals surface area contributed by atoms with Crippen LogP contribution in [-0.2, 0) is 0 Å². The predicted octanol–water partition coefficient (Wildman–Crippen LogP) is 4.77. The number of aryl methyl sites for hydroxylation is 3. The van der Waals surface area contributed by atoms with Crippen molar-refractivity contribution in [2.24, 2.45) is 0 Å². The van der Waals surface area contributed by atoms with E-state index in [1.165, 1.54) is 23.0 Å². The molecule has 0 fully saturated rings. The number of fused-ring (bicyclic) bond motifs is 1. The average molecular weight is 370 g/mol. The Labute approximate surface area is 159 Å². The topological polar surface area (TPSA) is 46.3 Å². The summed E-state index contributed by atoms with van der Waals surface area (Å²) in [6.45, 7) is 16.0. The van der Waals surface area contributed by atoms with E-state index in [2.05, 4.69) is 66.4 Å². The Balaban J connectivity index is 2.40. The first kappa shape index (κ1) is 18.4. The zero-order valence-corrected chi connectivity index (χ0v) is 16.7. The first-order valence-electron chi connectivity index (χ1n) is 8.70. The summed E-state index contributed by atoms with van der Waals surface area (Å²) in [5.74, 6) is 1.40. The summed E-state index contributed by atoms with van der Waals surface area (Å²) in [5.41, 5.74) is 6.61. The SMILES string of the molecule is C=C(C)CN(CC)c1c(-c2c(C)cc(C)cc2C)c(Cl)nc2ncnn12. The third kappa shape index (κ3) is 3.19. The van der Waals surface area contributed by atoms with Crippen LogP contribution in [0.25, 0.3) is 16.9 Å². The highest BCUT2D eigenvalue weighted by Crippen LogP contribution is 2.40. The van der Waals surface area contributed by atoms with Crippen molar-refractivity contribution in [2.75, 3.05) is 18.0 Å². The smallest absolute Gasteiger partial charge is 0.255 e. The minimum atomic E-state index is 0.440. The quantitative estimate of drug-likeness (QED) is 0.480. The molecule has 0 amide bonds. The van der Waals surface area contributed by atoms with Crippen LogP contribution in [0, 0.1) is 20.8 Å². The summed E-state index contributed by atoms with van der Waals surface area (Å²) >= 11 is 6.68. The molecule has 2 aromatic heterocycles. The standard InChI is InChI=1S/C20H24ClN5/c1-7-25(10-12(2)3)19-17(16-14(5)8-13(4)9-15(16)6)18(21)24-20-22-11-23-26(19)20/h8-9,11H,2,7,10H2,1,3-6H3. The second-order valence-corrected chi connectivity index (χ2v) is 7.18. The zero-order valence-electron chi connectivity index (χ0n) is 16.0. The van der Waals surface area contributed by atoms with Gasteiger partial charge < -0.3 is 4.90 Å². The van der Waals surface area contributed by atoms with Crippen LogP contribution in [-0.4, -0.2) is 32.7 Å². The first-order chi connectivity index (χ1) is 12.3. The molecule has 6 heteroatoms. The van der Waals surface area contributed by atoms with E-state index in [4.69, 9.17) is 11.6 Å². The molecule has 0 aliphatic carbocycles. The highest BCUT2D eigenvalue weighted by molar-refractivity contribution is 6.33. The van der Waals surface area contributed by atoms with Gasteiger partial charge in [-0.2, -0.15) is 19.6 Å². The van der Waals surface area contributed by atoms with Crippen molar-refractivity contribution in [2.45, 2.75) is 34.6 Å². The highest BCUT2D eigenvalue weighted by atomic mass is 35.5. The number of nitrogens with zero attached hydrogens (tertiary/aromatic N) is 5. The molecule has 5 nitrogen and oxygen atoms in total. The maximum absolute atomic E-state index is 6.68. The lowest BCUT2D eigenvalue weighted by Crippen LogP contribution is -2.28. The van der Waals surface area contributed by atoms with Crippen LogP contribution in [0.3, 0.4) is 0 Å². The van der Waals surface area contributed by atoms with Gasteiger partial charge in [0.15, 0.2) is 0 Å². The fraction of sp³-hybridized carbons (Fsp3) is 0.350. The molecule has 0 radical (unpaired) electrons. The van der Waals surface area contributed by atoms with Crippen molar-refractivity contribution in [1.29, 1.82) is 0 Å². The van der Waals surface area contributed by atoms with Crippen LogP contribution in [0.15, 0.2) is 30.6 Å². The lowest BCUT2D eigenvalue weighted by atomic mass is 9.94. The Hall–Kier alpha value is -2.40. The van der Waals surface area contributed by atoms with Crippen LogP contribution >= 0.6 is 11.6 Å². The van der Waals surface area contributed by atoms with Gasteiger partial charge in [0.2, 0.25) is 0 Å². The van der Waals surface area contributed by atoms with Crippen molar-refractivity contribution < 1.29 is 0 Å². The molecule has 3 aromatic rings. The molecule has 136 valence electrons. The van der Waals surface area contributed by atoms with E-state index in [9.17, 15) is 0 Å². The van der Waals surface area contributed by atoms with Crippen LogP contribution < -0.4 is 4.90 Å². The number of anilines is 1. The number of hydrogen-bond donors (Lipinski definition) is 0. The van der Waals surface area contributed by atoms with Crippen molar-refractivity contribution in [3.63, 3.8) is 0 Å². The van der Waals surface area contributed by atoms with Gasteiger partial charge in [-0.05, 0) is 51.3 Å². The van der Waals surface area contributed by atoms with Gasteiger partial charge in [0.05, 0.1) is 5.56 Å². The van der Waals surface area contributed by atoms with Gasteiger partial charge in [-0.25, -0.2) is 0 Å². The number of benzene rings is 1. The van der Waals surface area contributed by atoms with Gasteiger partial charge in [-0.15, -0.1) is 0 Å². The van der Waals surface area contributed by atoms with Gasteiger partial charge >= 0.3 is 0 Å². The normalized spacial score (nSPS) is 11.2. The van der Waals surface area contributed by atoms with E-state index in [0.29, 0.717) is 17.5 Å². The Morgan fingerprint density at radius 2 is 1.85 bits per heavy atom. The second kappa shape index (κ2) is 7.08. The summed E-state index contributed by atoms with van der Waals surface area (Å²) in [6, 6.07) is 4.34. The molecule has 3 rings (SSSR count). The number of aromatic nitrogens is 4. The number of rotatable bonds is 5. The molecule has 0 saturated carbocycles. The second-order valence-electron chi connectivity index (χ2n) is 6.82. The molecule has 0 aliphatic rings. The monoisotopic (exact) mass is 369 g/mol. The maximum Gasteiger partial charge on any atom is 0.255 e. The first-order valence-corrected chi connectivity index (χ1v) is 9.08. The van der Waals surface area contributed by atoms with E-state index < -0.39 is 0 Å². The summed E-state index contributed by atoms with van der Waals surface area (Å²) in [5, 5.41) is 4.85. The van der Waals surface area contributed by atoms with E-state index in [0.717, 1.165) is 29.1 Å². The maximum atomic E-state index is 6.68. The molecule has 0 N–H and O–H groups in total. The molecule has 1 aromatic carbocycles. The highest BCUT2D eigenvalue weighted by Gasteiger charge is 2.24. The lowest BCUT2D eigenvalue weighted by molar-refractivity contribution is 0.810. The van der Waals surface area contributed by atoms with Crippen molar-refractivity contribution in [1.82, 2.24) is 19.6 Å². The Kier molecular flexibility index (Phi) is 5.01. The van der Waals surface area contributed by atoms with Gasteiger partial charge in [0.1, 0.15) is 17.3 Å². The van der Waals surface area contributed by atoms with Crippen molar-refractivity contribution in [3.8, 4) is 11.1 Å². The van der Waals surface area contributed by atoms with E-state index in [1.807, 2.05) is 6.92 Å². The molecule has 0 saturated heterocycles. The summed E-state index contributed by atoms with van der Waals surface area (Å²) in [4.78, 5) is 10.9. The predicted molar refractivity (Wildman–Crippen MR) is 108 cm³/mol. The molecule has 0 spiro atoms. The van der Waals surface area contributed by atoms with Crippen LogP contribution in [0.2, 0.25) is 5.15 Å². The number of halogens is 1. The molecule has 0 aliphatic heterocycles. The van der Waals surface area contributed by atoms with Crippen LogP contribution in [0.4, 0.5) is 5.82 Å². The molecule has 0 atom stereocenters. The van der Waals surface area contributed by atoms with E-state index in [-0.39, 0.29) is 0 Å². The van der Waals surface area contributed by atoms with E-state index >= 15 is 0 Å². The van der Waals surface area contributed by atoms with Gasteiger partial charge in [-0.1, -0.05) is 41.4 Å². The van der Waals surface area contributed by atoms with Crippen molar-refractivity contribution in [3.05, 3.63) is 52.5 Å². The number of likely N-dealkylation sites (N-methyl/N-ethyl adjacent to an activating group) is 1. The number of hydrogen-bond acceptors (Lipinski definition) is 4. The van der Waals surface area contributed by atoms with Crippen LogP contribution in [0.5, 0.6) is 0 Å². The summed E-state index contributed by atoms with van der Waals surface area (Å²) in [6.07, 6.45) is 1.51. The Bertz CT molecular complexity index is 966. The van der Waals surface area contributed by atoms with E-state index in [1.54, 1.807) is 4.52 Å². The molecule has 0 unspecified atom stereocenters. The molecular weight excluding hydrogens is 346 g/mol. The van der Waals surface area contributed by atoms with Gasteiger partial charge in [0, 0.05) is 13.1 Å². The zero-order chi connectivity index (χ0) is 19.0. The van der Waals surface area contributed by atoms with Crippen molar-refractivity contribution >= 4 is 23.2 Å². The van der Waals surface area contributed by atoms with Crippen LogP contribution in [0.1, 0.15) is 30.5 Å². The average Bonchev–Trinajstić information content (AvgIpc) is 2.99. The fourth-order valence-electron chi connectivity index (χ4n) is 3.55. The summed E-state index contributed by atoms with van der Waals surface area (Å²) < 4.78 is 1.77. The Morgan fingerprint density at radius 1 is 1.19 bits per heavy atom.